The lowest BCUT2D eigenvalue weighted by Gasteiger charge is -2.12. The van der Waals surface area contributed by atoms with Crippen LogP contribution in [0.3, 0.4) is 0 Å². The van der Waals surface area contributed by atoms with Gasteiger partial charge >= 0.3 is 6.18 Å². The minimum atomic E-state index is -4.42. The number of rotatable bonds is 3. The molecule has 0 aliphatic rings. The molecule has 1 rings (SSSR count). The highest BCUT2D eigenvalue weighted by molar-refractivity contribution is 5.92. The molecule has 0 aromatic carbocycles. The molecule has 0 aliphatic heterocycles. The second-order valence-corrected chi connectivity index (χ2v) is 2.97. The summed E-state index contributed by atoms with van der Waals surface area (Å²) in [7, 11) is 2.47. The zero-order chi connectivity index (χ0) is 12.3. The van der Waals surface area contributed by atoms with Gasteiger partial charge in [-0.2, -0.15) is 13.2 Å². The number of hydrogen-bond donors (Lipinski definition) is 0. The molecule has 0 atom stereocenters. The van der Waals surface area contributed by atoms with Gasteiger partial charge in [-0.05, 0) is 0 Å². The summed E-state index contributed by atoms with van der Waals surface area (Å²) in [5, 5.41) is 3.98. The first-order valence-corrected chi connectivity index (χ1v) is 4.17. The first-order chi connectivity index (χ1) is 7.35. The van der Waals surface area contributed by atoms with Crippen LogP contribution < -0.4 is 0 Å². The lowest BCUT2D eigenvalue weighted by molar-refractivity contribution is -0.127. The van der Waals surface area contributed by atoms with Crippen molar-refractivity contribution in [1.29, 1.82) is 0 Å². The molecule has 90 valence electrons. The number of carbonyl (C=O) groups excluding carboxylic acids is 1. The minimum Gasteiger partial charge on any atom is -0.364 e. The molecule has 1 aromatic heterocycles. The lowest BCUT2D eigenvalue weighted by Crippen LogP contribution is -2.27. The van der Waals surface area contributed by atoms with Gasteiger partial charge in [0.25, 0.3) is 5.91 Å². The second kappa shape index (κ2) is 4.52. The highest BCUT2D eigenvalue weighted by Gasteiger charge is 2.32. The maximum atomic E-state index is 12.1. The molecule has 1 heterocycles. The number of alkyl halides is 3. The van der Waals surface area contributed by atoms with E-state index in [9.17, 15) is 18.0 Å². The Bertz CT molecular complexity index is 375. The molecule has 16 heavy (non-hydrogen) atoms. The molecule has 5 nitrogen and oxygen atoms in total. The Morgan fingerprint density at radius 1 is 1.62 bits per heavy atom. The van der Waals surface area contributed by atoms with Crippen molar-refractivity contribution in [3.63, 3.8) is 0 Å². The van der Waals surface area contributed by atoms with Crippen molar-refractivity contribution in [1.82, 2.24) is 10.2 Å². The zero-order valence-electron chi connectivity index (χ0n) is 8.54. The van der Waals surface area contributed by atoms with Crippen molar-refractivity contribution in [2.45, 2.75) is 12.6 Å². The topological polar surface area (TPSA) is 55.6 Å². The van der Waals surface area contributed by atoms with Gasteiger partial charge in [0.05, 0.1) is 13.5 Å². The largest absolute Gasteiger partial charge is 0.393 e. The number of nitrogens with zero attached hydrogens (tertiary/aromatic N) is 2. The van der Waals surface area contributed by atoms with Gasteiger partial charge in [-0.15, -0.1) is 0 Å². The molecular formula is C8H9F3N2O3. The molecule has 0 spiro atoms. The third-order valence-electron chi connectivity index (χ3n) is 1.80. The monoisotopic (exact) mass is 238 g/mol. The lowest BCUT2D eigenvalue weighted by atomic mass is 10.2. The standard InChI is InChI=1S/C8H9F3N2O3/c1-13(15-2)7(14)6-5(4-16-12-6)3-8(9,10)11/h4H,3H2,1-2H3. The molecule has 0 saturated carbocycles. The summed E-state index contributed by atoms with van der Waals surface area (Å²) in [4.78, 5) is 16.0. The summed E-state index contributed by atoms with van der Waals surface area (Å²) < 4.78 is 40.7. The van der Waals surface area contributed by atoms with Gasteiger partial charge in [0.2, 0.25) is 0 Å². The van der Waals surface area contributed by atoms with Crippen LogP contribution in [-0.4, -0.2) is 36.5 Å². The number of halogens is 3. The van der Waals surface area contributed by atoms with Crippen molar-refractivity contribution in [2.75, 3.05) is 14.2 Å². The second-order valence-electron chi connectivity index (χ2n) is 2.97. The smallest absolute Gasteiger partial charge is 0.364 e. The molecule has 0 aliphatic carbocycles. The summed E-state index contributed by atoms with van der Waals surface area (Å²) in [5.41, 5.74) is -0.719. The summed E-state index contributed by atoms with van der Waals surface area (Å²) in [6.07, 6.45) is -4.90. The Morgan fingerprint density at radius 3 is 2.75 bits per heavy atom. The highest BCUT2D eigenvalue weighted by Crippen LogP contribution is 2.23. The number of amides is 1. The van der Waals surface area contributed by atoms with Crippen molar-refractivity contribution >= 4 is 5.91 Å². The summed E-state index contributed by atoms with van der Waals surface area (Å²) >= 11 is 0. The van der Waals surface area contributed by atoms with Gasteiger partial charge in [-0.3, -0.25) is 9.63 Å². The van der Waals surface area contributed by atoms with Crippen LogP contribution in [0.4, 0.5) is 13.2 Å². The van der Waals surface area contributed by atoms with E-state index in [1.165, 1.54) is 14.2 Å². The quantitative estimate of drug-likeness (QED) is 0.747. The Balaban J connectivity index is 2.90. The van der Waals surface area contributed by atoms with Crippen LogP contribution in [0.2, 0.25) is 0 Å². The number of aromatic nitrogens is 1. The normalized spacial score (nSPS) is 11.6. The zero-order valence-corrected chi connectivity index (χ0v) is 8.54. The number of carbonyl (C=O) groups is 1. The van der Waals surface area contributed by atoms with Crippen LogP contribution in [-0.2, 0) is 11.3 Å². The first-order valence-electron chi connectivity index (χ1n) is 4.17. The van der Waals surface area contributed by atoms with Gasteiger partial charge in [0.1, 0.15) is 6.26 Å². The van der Waals surface area contributed by atoms with E-state index in [0.717, 1.165) is 11.3 Å². The molecule has 8 heteroatoms. The van der Waals surface area contributed by atoms with Crippen molar-refractivity contribution in [3.8, 4) is 0 Å². The predicted molar refractivity (Wildman–Crippen MR) is 45.4 cm³/mol. The summed E-state index contributed by atoms with van der Waals surface area (Å²) in [6, 6.07) is 0. The van der Waals surface area contributed by atoms with Crippen molar-refractivity contribution in [2.24, 2.45) is 0 Å². The third-order valence-corrected chi connectivity index (χ3v) is 1.80. The maximum absolute atomic E-state index is 12.1. The fraction of sp³-hybridized carbons (Fsp3) is 0.500. The Morgan fingerprint density at radius 2 is 2.25 bits per heavy atom. The van der Waals surface area contributed by atoms with E-state index in [-0.39, 0.29) is 5.56 Å². The molecule has 1 amide bonds. The van der Waals surface area contributed by atoms with E-state index in [0.29, 0.717) is 0 Å². The molecule has 1 aromatic rings. The van der Waals surface area contributed by atoms with Crippen molar-refractivity contribution in [3.05, 3.63) is 17.5 Å². The van der Waals surface area contributed by atoms with E-state index in [1.807, 2.05) is 0 Å². The van der Waals surface area contributed by atoms with Crippen LogP contribution in [0.25, 0.3) is 0 Å². The fourth-order valence-corrected chi connectivity index (χ4v) is 1.01. The average molecular weight is 238 g/mol. The maximum Gasteiger partial charge on any atom is 0.393 e. The Hall–Kier alpha value is -1.57. The molecule has 0 fully saturated rings. The molecule has 0 radical (unpaired) electrons. The average Bonchev–Trinajstić information content (AvgIpc) is 2.60. The number of hydrogen-bond acceptors (Lipinski definition) is 4. The molecule has 0 saturated heterocycles. The van der Waals surface area contributed by atoms with E-state index in [1.54, 1.807) is 0 Å². The minimum absolute atomic E-state index is 0.318. The van der Waals surface area contributed by atoms with Gasteiger partial charge in [0, 0.05) is 12.6 Å². The fourth-order valence-electron chi connectivity index (χ4n) is 1.01. The van der Waals surface area contributed by atoms with Gasteiger partial charge in [-0.1, -0.05) is 5.16 Å². The Labute approximate surface area is 88.7 Å². The Kier molecular flexibility index (Phi) is 3.53. The van der Waals surface area contributed by atoms with Gasteiger partial charge in [-0.25, -0.2) is 5.06 Å². The van der Waals surface area contributed by atoms with Gasteiger partial charge in [0.15, 0.2) is 5.69 Å². The van der Waals surface area contributed by atoms with Crippen LogP contribution in [0, 0.1) is 0 Å². The number of hydroxylamine groups is 2. The van der Waals surface area contributed by atoms with Crippen LogP contribution in [0.15, 0.2) is 10.8 Å². The first kappa shape index (κ1) is 12.5. The third kappa shape index (κ3) is 2.96. The molecule has 0 unspecified atom stereocenters. The van der Waals surface area contributed by atoms with Crippen molar-refractivity contribution < 1.29 is 27.3 Å². The molecule has 0 bridgehead atoms. The SMILES string of the molecule is CON(C)C(=O)c1nocc1CC(F)(F)F. The van der Waals surface area contributed by atoms with Crippen LogP contribution in [0.5, 0.6) is 0 Å². The highest BCUT2D eigenvalue weighted by atomic mass is 19.4. The van der Waals surface area contributed by atoms with E-state index < -0.39 is 24.2 Å². The van der Waals surface area contributed by atoms with Crippen LogP contribution >= 0.6 is 0 Å². The summed E-state index contributed by atoms with van der Waals surface area (Å²) in [6.45, 7) is 0. The van der Waals surface area contributed by atoms with Crippen LogP contribution in [0.1, 0.15) is 16.1 Å². The molecule has 0 N–H and O–H groups in total. The predicted octanol–water partition coefficient (Wildman–Crippen LogP) is 1.41. The van der Waals surface area contributed by atoms with E-state index in [2.05, 4.69) is 14.5 Å². The summed E-state index contributed by atoms with van der Waals surface area (Å²) in [5.74, 6) is -0.796. The van der Waals surface area contributed by atoms with E-state index in [4.69, 9.17) is 0 Å². The van der Waals surface area contributed by atoms with E-state index >= 15 is 0 Å². The molecular weight excluding hydrogens is 229 g/mol. The van der Waals surface area contributed by atoms with Gasteiger partial charge < -0.3 is 4.52 Å².